The Balaban J connectivity index is 2.14. The van der Waals surface area contributed by atoms with Crippen molar-refractivity contribution in [3.05, 3.63) is 28.8 Å². The number of benzene rings is 1. The molecule has 0 amide bonds. The predicted octanol–water partition coefficient (Wildman–Crippen LogP) is 2.37. The van der Waals surface area contributed by atoms with Crippen molar-refractivity contribution in [2.45, 2.75) is 25.3 Å². The Morgan fingerprint density at radius 2 is 2.00 bits per heavy atom. The zero-order chi connectivity index (χ0) is 13.8. The molecule has 19 heavy (non-hydrogen) atoms. The molecule has 0 unspecified atom stereocenters. The Morgan fingerprint density at radius 1 is 1.32 bits per heavy atom. The van der Waals surface area contributed by atoms with Crippen LogP contribution in [0.5, 0.6) is 0 Å². The Kier molecular flexibility index (Phi) is 5.08. The van der Waals surface area contributed by atoms with E-state index in [0.717, 1.165) is 24.5 Å². The third-order valence-electron chi connectivity index (χ3n) is 4.00. The van der Waals surface area contributed by atoms with Gasteiger partial charge in [0.15, 0.2) is 0 Å². The van der Waals surface area contributed by atoms with Crippen LogP contribution in [0.4, 0.5) is 5.69 Å². The molecule has 0 radical (unpaired) electrons. The van der Waals surface area contributed by atoms with Gasteiger partial charge in [-0.15, -0.1) is 0 Å². The van der Waals surface area contributed by atoms with E-state index < -0.39 is 0 Å². The van der Waals surface area contributed by atoms with Gasteiger partial charge in [-0.2, -0.15) is 0 Å². The maximum Gasteiger partial charge on any atom is 0.0642 e. The number of rotatable bonds is 4. The molecule has 0 aliphatic carbocycles. The van der Waals surface area contributed by atoms with Crippen LogP contribution in [0.1, 0.15) is 18.4 Å². The summed E-state index contributed by atoms with van der Waals surface area (Å²) in [5.74, 6) is 0. The van der Waals surface area contributed by atoms with Crippen molar-refractivity contribution in [1.82, 2.24) is 4.90 Å². The lowest BCUT2D eigenvalue weighted by atomic mass is 10.0. The first kappa shape index (κ1) is 14.6. The second-order valence-corrected chi connectivity index (χ2v) is 5.88. The van der Waals surface area contributed by atoms with Crippen molar-refractivity contribution in [3.63, 3.8) is 0 Å². The molecule has 106 valence electrons. The average molecular weight is 282 g/mol. The van der Waals surface area contributed by atoms with Crippen LogP contribution in [0.25, 0.3) is 0 Å². The van der Waals surface area contributed by atoms with E-state index in [2.05, 4.69) is 30.0 Å². The van der Waals surface area contributed by atoms with Gasteiger partial charge in [-0.3, -0.25) is 0 Å². The summed E-state index contributed by atoms with van der Waals surface area (Å²) in [5.41, 5.74) is 8.18. The third-order valence-corrected chi connectivity index (χ3v) is 4.30. The predicted molar refractivity (Wildman–Crippen MR) is 83.1 cm³/mol. The average Bonchev–Trinajstić information content (AvgIpc) is 2.39. The summed E-state index contributed by atoms with van der Waals surface area (Å²) < 4.78 is 0. The zero-order valence-electron chi connectivity index (χ0n) is 11.9. The number of nitrogens with zero attached hydrogens (tertiary/aromatic N) is 2. The molecule has 1 fully saturated rings. The number of piperidine rings is 1. The van der Waals surface area contributed by atoms with Crippen molar-refractivity contribution in [1.29, 1.82) is 0 Å². The molecule has 2 N–H and O–H groups in total. The summed E-state index contributed by atoms with van der Waals surface area (Å²) in [4.78, 5) is 4.75. The van der Waals surface area contributed by atoms with Crippen LogP contribution in [-0.2, 0) is 6.42 Å². The second kappa shape index (κ2) is 6.60. The molecule has 0 bridgehead atoms. The van der Waals surface area contributed by atoms with Gasteiger partial charge in [-0.05, 0) is 51.5 Å². The number of anilines is 1. The Hall–Kier alpha value is -0.770. The van der Waals surface area contributed by atoms with Gasteiger partial charge in [-0.25, -0.2) is 0 Å². The van der Waals surface area contributed by atoms with Crippen LogP contribution in [-0.4, -0.2) is 44.7 Å². The topological polar surface area (TPSA) is 32.5 Å². The number of hydrogen-bond donors (Lipinski definition) is 1. The van der Waals surface area contributed by atoms with E-state index in [-0.39, 0.29) is 0 Å². The van der Waals surface area contributed by atoms with E-state index in [9.17, 15) is 0 Å². The minimum Gasteiger partial charge on any atom is -0.370 e. The van der Waals surface area contributed by atoms with Gasteiger partial charge >= 0.3 is 0 Å². The van der Waals surface area contributed by atoms with Gasteiger partial charge in [0.2, 0.25) is 0 Å². The highest BCUT2D eigenvalue weighted by molar-refractivity contribution is 6.33. The fourth-order valence-electron chi connectivity index (χ4n) is 2.88. The molecular weight excluding hydrogens is 258 g/mol. The highest BCUT2D eigenvalue weighted by atomic mass is 35.5. The Morgan fingerprint density at radius 3 is 2.58 bits per heavy atom. The molecule has 1 aromatic carbocycles. The number of para-hydroxylation sites is 1. The molecular formula is C15H24ClN3. The first-order valence-corrected chi connectivity index (χ1v) is 7.40. The molecule has 0 atom stereocenters. The van der Waals surface area contributed by atoms with E-state index >= 15 is 0 Å². The van der Waals surface area contributed by atoms with Gasteiger partial charge in [0.25, 0.3) is 0 Å². The highest BCUT2D eigenvalue weighted by Gasteiger charge is 2.23. The van der Waals surface area contributed by atoms with Crippen molar-refractivity contribution < 1.29 is 0 Å². The van der Waals surface area contributed by atoms with Crippen molar-refractivity contribution in [3.8, 4) is 0 Å². The van der Waals surface area contributed by atoms with Gasteiger partial charge in [-0.1, -0.05) is 23.7 Å². The second-order valence-electron chi connectivity index (χ2n) is 5.47. The summed E-state index contributed by atoms with van der Waals surface area (Å²) in [7, 11) is 4.32. The molecule has 0 aromatic heterocycles. The molecule has 1 aromatic rings. The van der Waals surface area contributed by atoms with Crippen molar-refractivity contribution >= 4 is 17.3 Å². The SMILES string of the molecule is CN(C)C1CCN(c2c(Cl)cccc2CCN)CC1. The van der Waals surface area contributed by atoms with Crippen LogP contribution in [0.3, 0.4) is 0 Å². The highest BCUT2D eigenvalue weighted by Crippen LogP contribution is 2.32. The van der Waals surface area contributed by atoms with Gasteiger partial charge in [0.05, 0.1) is 10.7 Å². The monoisotopic (exact) mass is 281 g/mol. The quantitative estimate of drug-likeness (QED) is 0.920. The molecule has 1 aliphatic rings. The first-order valence-electron chi connectivity index (χ1n) is 7.02. The normalized spacial score (nSPS) is 17.2. The van der Waals surface area contributed by atoms with E-state index in [1.807, 2.05) is 12.1 Å². The minimum absolute atomic E-state index is 0.668. The molecule has 1 heterocycles. The molecule has 2 rings (SSSR count). The lowest BCUT2D eigenvalue weighted by Crippen LogP contribution is -2.42. The van der Waals surface area contributed by atoms with Crippen LogP contribution in [0, 0.1) is 0 Å². The standard InChI is InChI=1S/C15H24ClN3/c1-18(2)13-7-10-19(11-8-13)15-12(6-9-17)4-3-5-14(15)16/h3-5,13H,6-11,17H2,1-2H3. The zero-order valence-corrected chi connectivity index (χ0v) is 12.7. The smallest absolute Gasteiger partial charge is 0.0642 e. The summed E-state index contributed by atoms with van der Waals surface area (Å²) >= 11 is 6.40. The van der Waals surface area contributed by atoms with E-state index in [4.69, 9.17) is 17.3 Å². The van der Waals surface area contributed by atoms with Crippen LogP contribution in [0.15, 0.2) is 18.2 Å². The number of hydrogen-bond acceptors (Lipinski definition) is 3. The molecule has 3 nitrogen and oxygen atoms in total. The lowest BCUT2D eigenvalue weighted by molar-refractivity contribution is 0.249. The number of nitrogens with two attached hydrogens (primary N) is 1. The van der Waals surface area contributed by atoms with E-state index in [1.54, 1.807) is 0 Å². The van der Waals surface area contributed by atoms with Crippen LogP contribution < -0.4 is 10.6 Å². The molecule has 1 saturated heterocycles. The molecule has 4 heteroatoms. The number of halogens is 1. The lowest BCUT2D eigenvalue weighted by Gasteiger charge is -2.37. The fraction of sp³-hybridized carbons (Fsp3) is 0.600. The Bertz CT molecular complexity index is 412. The van der Waals surface area contributed by atoms with Crippen molar-refractivity contribution in [2.24, 2.45) is 5.73 Å². The molecule has 0 saturated carbocycles. The van der Waals surface area contributed by atoms with Gasteiger partial charge < -0.3 is 15.5 Å². The maximum atomic E-state index is 6.40. The summed E-state index contributed by atoms with van der Waals surface area (Å²) in [6.45, 7) is 2.82. The first-order chi connectivity index (χ1) is 9.13. The third kappa shape index (κ3) is 3.41. The molecule has 1 aliphatic heterocycles. The van der Waals surface area contributed by atoms with E-state index in [1.165, 1.54) is 24.1 Å². The minimum atomic E-state index is 0.668. The largest absolute Gasteiger partial charge is 0.370 e. The summed E-state index contributed by atoms with van der Waals surface area (Å²) in [6, 6.07) is 6.83. The molecule has 0 spiro atoms. The van der Waals surface area contributed by atoms with Crippen LogP contribution >= 0.6 is 11.6 Å². The summed E-state index contributed by atoms with van der Waals surface area (Å²) in [6.07, 6.45) is 3.28. The fourth-order valence-corrected chi connectivity index (χ4v) is 3.19. The van der Waals surface area contributed by atoms with Gasteiger partial charge in [0.1, 0.15) is 0 Å². The maximum absolute atomic E-state index is 6.40. The van der Waals surface area contributed by atoms with Gasteiger partial charge in [0, 0.05) is 19.1 Å². The summed E-state index contributed by atoms with van der Waals surface area (Å²) in [5, 5.41) is 0.856. The Labute approximate surface area is 121 Å². The van der Waals surface area contributed by atoms with Crippen molar-refractivity contribution in [2.75, 3.05) is 38.6 Å². The van der Waals surface area contributed by atoms with Crippen LogP contribution in [0.2, 0.25) is 5.02 Å². The van der Waals surface area contributed by atoms with E-state index in [0.29, 0.717) is 12.6 Å².